The molecule has 2 aromatic carbocycles. The lowest BCUT2D eigenvalue weighted by molar-refractivity contribution is -0.112. The average molecular weight is 394 g/mol. The third-order valence-corrected chi connectivity index (χ3v) is 4.22. The Balaban J connectivity index is 2.17. The first-order valence-electron chi connectivity index (χ1n) is 9.50. The Morgan fingerprint density at radius 3 is 2.52 bits per heavy atom. The summed E-state index contributed by atoms with van der Waals surface area (Å²) in [7, 11) is 3.07. The summed E-state index contributed by atoms with van der Waals surface area (Å²) >= 11 is 0. The van der Waals surface area contributed by atoms with Gasteiger partial charge in [0.15, 0.2) is 11.5 Å². The highest BCUT2D eigenvalue weighted by atomic mass is 16.5. The predicted octanol–water partition coefficient (Wildman–Crippen LogP) is 4.82. The quantitative estimate of drug-likeness (QED) is 0.355. The first-order chi connectivity index (χ1) is 14.1. The molecule has 0 heterocycles. The lowest BCUT2D eigenvalue weighted by atomic mass is 10.1. The van der Waals surface area contributed by atoms with Crippen molar-refractivity contribution in [2.24, 2.45) is 0 Å². The standard InChI is InChI=1S/C23H26N2O4/c1-4-5-8-13-29-21-12-11-17(15-22(21)28-3)14-18(16-24)23(26)25-19-9-6-7-10-20(19)27-2/h6-7,9-12,14-15H,4-5,8,13H2,1-3H3,(H,25,26)/b18-14+. The Bertz CT molecular complexity index is 900. The van der Waals surface area contributed by atoms with Gasteiger partial charge in [-0.15, -0.1) is 0 Å². The van der Waals surface area contributed by atoms with E-state index in [0.717, 1.165) is 19.3 Å². The van der Waals surface area contributed by atoms with Gasteiger partial charge in [0.1, 0.15) is 17.4 Å². The van der Waals surface area contributed by atoms with Crippen molar-refractivity contribution < 1.29 is 19.0 Å². The zero-order chi connectivity index (χ0) is 21.1. The maximum Gasteiger partial charge on any atom is 0.266 e. The number of unbranched alkanes of at least 4 members (excludes halogenated alkanes) is 2. The van der Waals surface area contributed by atoms with Gasteiger partial charge < -0.3 is 19.5 Å². The molecule has 0 aromatic heterocycles. The van der Waals surface area contributed by atoms with Crippen LogP contribution in [0.5, 0.6) is 17.2 Å². The number of benzene rings is 2. The fraction of sp³-hybridized carbons (Fsp3) is 0.304. The summed E-state index contributed by atoms with van der Waals surface area (Å²) in [5.41, 5.74) is 1.12. The van der Waals surface area contributed by atoms with E-state index >= 15 is 0 Å². The maximum absolute atomic E-state index is 12.5. The van der Waals surface area contributed by atoms with Gasteiger partial charge in [0, 0.05) is 0 Å². The summed E-state index contributed by atoms with van der Waals surface area (Å²) in [4.78, 5) is 12.5. The fourth-order valence-electron chi connectivity index (χ4n) is 2.68. The first kappa shape index (κ1) is 21.8. The van der Waals surface area contributed by atoms with Gasteiger partial charge in [-0.05, 0) is 42.3 Å². The molecule has 0 fully saturated rings. The number of nitriles is 1. The van der Waals surface area contributed by atoms with Crippen molar-refractivity contribution >= 4 is 17.7 Å². The minimum absolute atomic E-state index is 0.0328. The van der Waals surface area contributed by atoms with E-state index in [2.05, 4.69) is 12.2 Å². The van der Waals surface area contributed by atoms with Gasteiger partial charge in [-0.1, -0.05) is 38.0 Å². The molecule has 2 rings (SSSR count). The number of amides is 1. The summed E-state index contributed by atoms with van der Waals surface area (Å²) in [5, 5.41) is 12.1. The first-order valence-corrected chi connectivity index (χ1v) is 9.50. The number of nitrogens with zero attached hydrogens (tertiary/aromatic N) is 1. The minimum Gasteiger partial charge on any atom is -0.495 e. The van der Waals surface area contributed by atoms with Crippen LogP contribution in [0.4, 0.5) is 5.69 Å². The highest BCUT2D eigenvalue weighted by molar-refractivity contribution is 6.10. The van der Waals surface area contributed by atoms with Crippen molar-refractivity contribution in [2.45, 2.75) is 26.2 Å². The maximum atomic E-state index is 12.5. The number of nitrogens with one attached hydrogen (secondary N) is 1. The molecule has 0 aliphatic heterocycles. The monoisotopic (exact) mass is 394 g/mol. The normalized spacial score (nSPS) is 10.8. The molecule has 152 valence electrons. The van der Waals surface area contributed by atoms with Crippen LogP contribution in [0.2, 0.25) is 0 Å². The Morgan fingerprint density at radius 1 is 1.07 bits per heavy atom. The summed E-state index contributed by atoms with van der Waals surface area (Å²) in [6, 6.07) is 14.3. The van der Waals surface area contributed by atoms with Crippen LogP contribution in [0.25, 0.3) is 6.08 Å². The number of rotatable bonds is 10. The number of hydrogen-bond acceptors (Lipinski definition) is 5. The van der Waals surface area contributed by atoms with Crippen LogP contribution in [0.3, 0.4) is 0 Å². The fourth-order valence-corrected chi connectivity index (χ4v) is 2.68. The van der Waals surface area contributed by atoms with E-state index in [9.17, 15) is 10.1 Å². The van der Waals surface area contributed by atoms with Crippen molar-refractivity contribution in [2.75, 3.05) is 26.1 Å². The highest BCUT2D eigenvalue weighted by Crippen LogP contribution is 2.29. The van der Waals surface area contributed by atoms with E-state index in [-0.39, 0.29) is 5.57 Å². The SMILES string of the molecule is CCCCCOc1ccc(/C=C(\C#N)C(=O)Nc2ccccc2OC)cc1OC. The van der Waals surface area contributed by atoms with Gasteiger partial charge in [0.2, 0.25) is 0 Å². The number of hydrogen-bond donors (Lipinski definition) is 1. The van der Waals surface area contributed by atoms with E-state index < -0.39 is 5.91 Å². The molecule has 0 spiro atoms. The Labute approximate surface area is 171 Å². The molecule has 0 saturated heterocycles. The highest BCUT2D eigenvalue weighted by Gasteiger charge is 2.13. The molecule has 1 amide bonds. The van der Waals surface area contributed by atoms with Crippen LogP contribution in [0.1, 0.15) is 31.7 Å². The van der Waals surface area contributed by atoms with Crippen molar-refractivity contribution in [1.82, 2.24) is 0 Å². The van der Waals surface area contributed by atoms with Gasteiger partial charge >= 0.3 is 0 Å². The second kappa shape index (κ2) is 11.4. The minimum atomic E-state index is -0.518. The third kappa shape index (κ3) is 6.28. The zero-order valence-electron chi connectivity index (χ0n) is 17.0. The van der Waals surface area contributed by atoms with Crippen LogP contribution in [0, 0.1) is 11.3 Å². The van der Waals surface area contributed by atoms with E-state index in [1.54, 1.807) is 49.6 Å². The molecule has 6 nitrogen and oxygen atoms in total. The largest absolute Gasteiger partial charge is 0.495 e. The number of carbonyl (C=O) groups excluding carboxylic acids is 1. The molecule has 0 saturated carbocycles. The Hall–Kier alpha value is -3.46. The Morgan fingerprint density at radius 2 is 1.83 bits per heavy atom. The summed E-state index contributed by atoms with van der Waals surface area (Å²) in [6.45, 7) is 2.75. The van der Waals surface area contributed by atoms with Gasteiger partial charge in [-0.25, -0.2) is 0 Å². The molecule has 0 unspecified atom stereocenters. The third-order valence-electron chi connectivity index (χ3n) is 4.22. The van der Waals surface area contributed by atoms with Crippen LogP contribution < -0.4 is 19.5 Å². The number of anilines is 1. The second-order valence-corrected chi connectivity index (χ2v) is 6.29. The summed E-state index contributed by atoms with van der Waals surface area (Å²) in [5.74, 6) is 1.19. The Kier molecular flexibility index (Phi) is 8.58. The zero-order valence-corrected chi connectivity index (χ0v) is 17.0. The molecule has 0 aliphatic carbocycles. The van der Waals surface area contributed by atoms with Crippen molar-refractivity contribution in [3.8, 4) is 23.3 Å². The average Bonchev–Trinajstić information content (AvgIpc) is 2.75. The van der Waals surface area contributed by atoms with Crippen LogP contribution in [-0.4, -0.2) is 26.7 Å². The smallest absolute Gasteiger partial charge is 0.266 e. The van der Waals surface area contributed by atoms with Crippen molar-refractivity contribution in [3.05, 3.63) is 53.6 Å². The number of carbonyl (C=O) groups is 1. The molecule has 0 aliphatic rings. The van der Waals surface area contributed by atoms with Gasteiger partial charge in [-0.2, -0.15) is 5.26 Å². The van der Waals surface area contributed by atoms with Gasteiger partial charge in [0.05, 0.1) is 26.5 Å². The second-order valence-electron chi connectivity index (χ2n) is 6.29. The molecule has 0 atom stereocenters. The number of methoxy groups -OCH3 is 2. The van der Waals surface area contributed by atoms with Gasteiger partial charge in [-0.3, -0.25) is 4.79 Å². The molecule has 6 heteroatoms. The lowest BCUT2D eigenvalue weighted by Crippen LogP contribution is -2.14. The number of ether oxygens (including phenoxy) is 3. The predicted molar refractivity (Wildman–Crippen MR) is 113 cm³/mol. The summed E-state index contributed by atoms with van der Waals surface area (Å²) in [6.07, 6.45) is 4.71. The van der Waals surface area contributed by atoms with E-state index in [4.69, 9.17) is 14.2 Å². The molecular weight excluding hydrogens is 368 g/mol. The van der Waals surface area contributed by atoms with Crippen LogP contribution in [-0.2, 0) is 4.79 Å². The van der Waals surface area contributed by atoms with Gasteiger partial charge in [0.25, 0.3) is 5.91 Å². The van der Waals surface area contributed by atoms with Crippen molar-refractivity contribution in [1.29, 1.82) is 5.26 Å². The molecule has 1 N–H and O–H groups in total. The molecular formula is C23H26N2O4. The molecule has 0 radical (unpaired) electrons. The van der Waals surface area contributed by atoms with E-state index in [1.165, 1.54) is 13.2 Å². The lowest BCUT2D eigenvalue weighted by Gasteiger charge is -2.11. The molecule has 2 aromatic rings. The topological polar surface area (TPSA) is 80.6 Å². The van der Waals surface area contributed by atoms with Crippen LogP contribution in [0.15, 0.2) is 48.0 Å². The van der Waals surface area contributed by atoms with Crippen molar-refractivity contribution in [3.63, 3.8) is 0 Å². The summed E-state index contributed by atoms with van der Waals surface area (Å²) < 4.78 is 16.4. The molecule has 0 bridgehead atoms. The molecule has 29 heavy (non-hydrogen) atoms. The van der Waals surface area contributed by atoms with E-state index in [0.29, 0.717) is 35.1 Å². The van der Waals surface area contributed by atoms with Crippen LogP contribution >= 0.6 is 0 Å². The number of para-hydroxylation sites is 2. The van der Waals surface area contributed by atoms with E-state index in [1.807, 2.05) is 6.07 Å².